The minimum absolute atomic E-state index is 0.132. The highest BCUT2D eigenvalue weighted by Gasteiger charge is 2.24. The summed E-state index contributed by atoms with van der Waals surface area (Å²) >= 11 is 1.35. The third-order valence-corrected chi connectivity index (χ3v) is 5.31. The van der Waals surface area contributed by atoms with Gasteiger partial charge in [-0.1, -0.05) is 36.4 Å². The number of aromatic nitrogens is 1. The van der Waals surface area contributed by atoms with Crippen LogP contribution >= 0.6 is 11.8 Å². The number of pyridine rings is 1. The molecule has 128 valence electrons. The third-order valence-electron chi connectivity index (χ3n) is 4.40. The van der Waals surface area contributed by atoms with Crippen LogP contribution in [0.3, 0.4) is 0 Å². The van der Waals surface area contributed by atoms with Crippen LogP contribution in [-0.4, -0.2) is 16.1 Å². The number of amidine groups is 1. The van der Waals surface area contributed by atoms with Gasteiger partial charge in [-0.15, -0.1) is 0 Å². The molecular weight excluding hydrogens is 342 g/mol. The van der Waals surface area contributed by atoms with Crippen molar-refractivity contribution in [2.45, 2.75) is 13.8 Å². The van der Waals surface area contributed by atoms with E-state index in [9.17, 15) is 4.79 Å². The summed E-state index contributed by atoms with van der Waals surface area (Å²) in [5.74, 6) is -0.132. The van der Waals surface area contributed by atoms with Crippen LogP contribution < -0.4 is 5.32 Å². The minimum atomic E-state index is -0.132. The summed E-state index contributed by atoms with van der Waals surface area (Å²) < 4.78 is 0. The second kappa shape index (κ2) is 6.77. The maximum absolute atomic E-state index is 12.4. The summed E-state index contributed by atoms with van der Waals surface area (Å²) in [5.41, 5.74) is 4.98. The zero-order chi connectivity index (χ0) is 18.1. The maximum atomic E-state index is 12.4. The molecule has 1 saturated heterocycles. The van der Waals surface area contributed by atoms with Crippen LogP contribution in [0.1, 0.15) is 16.7 Å². The molecule has 0 saturated carbocycles. The number of rotatable bonds is 2. The molecule has 1 amide bonds. The van der Waals surface area contributed by atoms with Gasteiger partial charge in [-0.2, -0.15) is 0 Å². The molecule has 1 N–H and O–H groups in total. The van der Waals surface area contributed by atoms with Crippen molar-refractivity contribution in [3.63, 3.8) is 0 Å². The van der Waals surface area contributed by atoms with Crippen LogP contribution in [0, 0.1) is 13.8 Å². The number of carbonyl (C=O) groups excluding carboxylic acids is 1. The minimum Gasteiger partial charge on any atom is -0.300 e. The lowest BCUT2D eigenvalue weighted by Crippen LogP contribution is -2.19. The number of aliphatic imine (C=N–C) groups is 1. The van der Waals surface area contributed by atoms with Crippen LogP contribution in [0.25, 0.3) is 17.0 Å². The molecule has 0 atom stereocenters. The van der Waals surface area contributed by atoms with Gasteiger partial charge in [-0.25, -0.2) is 4.99 Å². The van der Waals surface area contributed by atoms with Crippen molar-refractivity contribution < 1.29 is 4.79 Å². The summed E-state index contributed by atoms with van der Waals surface area (Å²) in [6, 6.07) is 15.9. The molecule has 0 unspecified atom stereocenters. The number of thioether (sulfide) groups is 1. The molecule has 0 radical (unpaired) electrons. The van der Waals surface area contributed by atoms with E-state index in [1.807, 2.05) is 55.5 Å². The van der Waals surface area contributed by atoms with Gasteiger partial charge < -0.3 is 5.32 Å². The molecule has 2 aromatic carbocycles. The van der Waals surface area contributed by atoms with Crippen molar-refractivity contribution in [1.29, 1.82) is 0 Å². The topological polar surface area (TPSA) is 54.4 Å². The first-order valence-corrected chi connectivity index (χ1v) is 9.13. The number of nitrogens with one attached hydrogen (secondary N) is 1. The van der Waals surface area contributed by atoms with Gasteiger partial charge in [0.15, 0.2) is 5.17 Å². The van der Waals surface area contributed by atoms with E-state index in [0.29, 0.717) is 10.1 Å². The number of hydrogen-bond donors (Lipinski definition) is 1. The standard InChI is InChI=1S/C21H17N3OS/c1-13-6-3-10-17(14(13)2)23-21-24-20(25)18(26-21)12-16-8-4-7-15-9-5-11-22-19(15)16/h3-12H,1-2H3,(H,23,24,25). The molecule has 0 bridgehead atoms. The first-order chi connectivity index (χ1) is 12.6. The first kappa shape index (κ1) is 16.5. The summed E-state index contributed by atoms with van der Waals surface area (Å²) in [6.07, 6.45) is 3.64. The fourth-order valence-corrected chi connectivity index (χ4v) is 3.66. The second-order valence-corrected chi connectivity index (χ2v) is 7.15. The van der Waals surface area contributed by atoms with Crippen molar-refractivity contribution in [2.24, 2.45) is 4.99 Å². The van der Waals surface area contributed by atoms with E-state index in [1.54, 1.807) is 6.20 Å². The average Bonchev–Trinajstić information content (AvgIpc) is 2.98. The number of hydrogen-bond acceptors (Lipinski definition) is 4. The van der Waals surface area contributed by atoms with E-state index in [0.717, 1.165) is 27.7 Å². The number of benzene rings is 2. The largest absolute Gasteiger partial charge is 0.300 e. The summed E-state index contributed by atoms with van der Waals surface area (Å²) in [7, 11) is 0. The SMILES string of the molecule is Cc1cccc(N=C2NC(=O)C(=Cc3cccc4cccnc34)S2)c1C. The van der Waals surface area contributed by atoms with Crippen molar-refractivity contribution in [3.8, 4) is 0 Å². The highest BCUT2D eigenvalue weighted by Crippen LogP contribution is 2.30. The van der Waals surface area contributed by atoms with Gasteiger partial charge in [0.25, 0.3) is 5.91 Å². The average molecular weight is 359 g/mol. The predicted molar refractivity (Wildman–Crippen MR) is 108 cm³/mol. The molecule has 1 aliphatic rings. The van der Waals surface area contributed by atoms with Gasteiger partial charge >= 0.3 is 0 Å². The van der Waals surface area contributed by atoms with Crippen LogP contribution in [0.5, 0.6) is 0 Å². The second-order valence-electron chi connectivity index (χ2n) is 6.12. The summed E-state index contributed by atoms with van der Waals surface area (Å²) in [4.78, 5) is 22.0. The summed E-state index contributed by atoms with van der Waals surface area (Å²) in [5, 5.41) is 4.50. The third kappa shape index (κ3) is 3.13. The number of amides is 1. The number of fused-ring (bicyclic) bond motifs is 1. The Labute approximate surface area is 156 Å². The van der Waals surface area contributed by atoms with Crippen molar-refractivity contribution in [3.05, 3.63) is 76.3 Å². The predicted octanol–water partition coefficient (Wildman–Crippen LogP) is 4.74. The maximum Gasteiger partial charge on any atom is 0.264 e. The number of para-hydroxylation sites is 1. The molecule has 4 nitrogen and oxygen atoms in total. The van der Waals surface area contributed by atoms with Gasteiger partial charge in [0.1, 0.15) is 0 Å². The van der Waals surface area contributed by atoms with Gasteiger partial charge in [0, 0.05) is 17.1 Å². The first-order valence-electron chi connectivity index (χ1n) is 8.31. The van der Waals surface area contributed by atoms with Gasteiger partial charge in [-0.3, -0.25) is 9.78 Å². The van der Waals surface area contributed by atoms with E-state index in [2.05, 4.69) is 28.3 Å². The van der Waals surface area contributed by atoms with Gasteiger partial charge in [0.2, 0.25) is 0 Å². The lowest BCUT2D eigenvalue weighted by atomic mass is 10.1. The van der Waals surface area contributed by atoms with Gasteiger partial charge in [-0.05, 0) is 54.9 Å². The molecule has 2 heterocycles. The fourth-order valence-electron chi connectivity index (χ4n) is 2.83. The van der Waals surface area contributed by atoms with Crippen molar-refractivity contribution in [1.82, 2.24) is 10.3 Å². The Hall–Kier alpha value is -2.92. The Morgan fingerprint density at radius 1 is 1.08 bits per heavy atom. The zero-order valence-corrected chi connectivity index (χ0v) is 15.3. The molecular formula is C21H17N3OS. The molecule has 26 heavy (non-hydrogen) atoms. The van der Waals surface area contributed by atoms with E-state index in [-0.39, 0.29) is 5.91 Å². The molecule has 1 aliphatic heterocycles. The van der Waals surface area contributed by atoms with Crippen LogP contribution in [0.15, 0.2) is 64.6 Å². The molecule has 0 spiro atoms. The van der Waals surface area contributed by atoms with Crippen molar-refractivity contribution >= 4 is 45.5 Å². The molecule has 0 aliphatic carbocycles. The Kier molecular flexibility index (Phi) is 4.31. The smallest absolute Gasteiger partial charge is 0.264 e. The Morgan fingerprint density at radius 2 is 1.88 bits per heavy atom. The van der Waals surface area contributed by atoms with E-state index < -0.39 is 0 Å². The molecule has 3 aromatic rings. The highest BCUT2D eigenvalue weighted by atomic mass is 32.2. The monoisotopic (exact) mass is 359 g/mol. The highest BCUT2D eigenvalue weighted by molar-refractivity contribution is 8.18. The zero-order valence-electron chi connectivity index (χ0n) is 14.5. The van der Waals surface area contributed by atoms with Crippen molar-refractivity contribution in [2.75, 3.05) is 0 Å². The molecule has 5 heteroatoms. The van der Waals surface area contributed by atoms with E-state index in [1.165, 1.54) is 17.3 Å². The Morgan fingerprint density at radius 3 is 2.77 bits per heavy atom. The number of aryl methyl sites for hydroxylation is 1. The van der Waals surface area contributed by atoms with E-state index in [4.69, 9.17) is 0 Å². The van der Waals surface area contributed by atoms with Crippen LogP contribution in [0.4, 0.5) is 5.69 Å². The fraction of sp³-hybridized carbons (Fsp3) is 0.0952. The molecule has 1 aromatic heterocycles. The summed E-state index contributed by atoms with van der Waals surface area (Å²) in [6.45, 7) is 4.09. The molecule has 4 rings (SSSR count). The lowest BCUT2D eigenvalue weighted by molar-refractivity contribution is -0.115. The quantitative estimate of drug-likeness (QED) is 0.672. The van der Waals surface area contributed by atoms with E-state index >= 15 is 0 Å². The van der Waals surface area contributed by atoms with Crippen LogP contribution in [-0.2, 0) is 4.79 Å². The normalized spacial score (nSPS) is 17.2. The molecule has 1 fully saturated rings. The number of carbonyl (C=O) groups is 1. The lowest BCUT2D eigenvalue weighted by Gasteiger charge is -2.04. The Bertz CT molecular complexity index is 1080. The van der Waals surface area contributed by atoms with Gasteiger partial charge in [0.05, 0.1) is 16.1 Å². The van der Waals surface area contributed by atoms with Crippen LogP contribution in [0.2, 0.25) is 0 Å². The number of nitrogens with zero attached hydrogens (tertiary/aromatic N) is 2. The Balaban J connectivity index is 1.69.